The van der Waals surface area contributed by atoms with Gasteiger partial charge in [0.2, 0.25) is 0 Å². The van der Waals surface area contributed by atoms with Gasteiger partial charge in [-0.15, -0.1) is 0 Å². The molecule has 0 unspecified atom stereocenters. The van der Waals surface area contributed by atoms with Gasteiger partial charge in [-0.2, -0.15) is 0 Å². The number of pyridine rings is 1. The lowest BCUT2D eigenvalue weighted by Gasteiger charge is -2.19. The fourth-order valence-corrected chi connectivity index (χ4v) is 2.21. The lowest BCUT2D eigenvalue weighted by Crippen LogP contribution is -2.20. The second kappa shape index (κ2) is 5.64. The average Bonchev–Trinajstić information content (AvgIpc) is 2.83. The Bertz CT molecular complexity index is 346. The van der Waals surface area contributed by atoms with Crippen molar-refractivity contribution in [3.8, 4) is 0 Å². The summed E-state index contributed by atoms with van der Waals surface area (Å²) in [5, 5.41) is 0. The van der Waals surface area contributed by atoms with E-state index in [2.05, 4.69) is 16.0 Å². The number of aryl methyl sites for hydroxylation is 1. The molecule has 0 bridgehead atoms. The molecular weight excluding hydrogens is 200 g/mol. The Labute approximate surface area is 96.5 Å². The molecule has 1 aromatic rings. The molecule has 16 heavy (non-hydrogen) atoms. The first-order valence-electron chi connectivity index (χ1n) is 6.04. The molecule has 1 aliphatic rings. The van der Waals surface area contributed by atoms with Crippen LogP contribution in [0.5, 0.6) is 0 Å². The van der Waals surface area contributed by atoms with Gasteiger partial charge in [0.1, 0.15) is 12.1 Å². The van der Waals surface area contributed by atoms with Crippen LogP contribution in [0.25, 0.3) is 0 Å². The molecule has 2 heterocycles. The summed E-state index contributed by atoms with van der Waals surface area (Å²) >= 11 is 0. The van der Waals surface area contributed by atoms with E-state index in [4.69, 9.17) is 0 Å². The fourth-order valence-electron chi connectivity index (χ4n) is 2.21. The zero-order valence-corrected chi connectivity index (χ0v) is 9.56. The molecule has 2 rings (SSSR count). The Balaban J connectivity index is 2.06. The van der Waals surface area contributed by atoms with Gasteiger partial charge in [-0.05, 0) is 37.3 Å². The van der Waals surface area contributed by atoms with Gasteiger partial charge in [0.15, 0.2) is 0 Å². The van der Waals surface area contributed by atoms with Crippen molar-refractivity contribution in [1.82, 2.24) is 4.98 Å². The Hall–Kier alpha value is -1.38. The number of carbonyl (C=O) groups is 1. The number of rotatable bonds is 5. The van der Waals surface area contributed by atoms with E-state index in [1.54, 1.807) is 0 Å². The maximum Gasteiger partial charge on any atom is 0.131 e. The molecule has 0 aromatic carbocycles. The molecule has 0 N–H and O–H groups in total. The van der Waals surface area contributed by atoms with E-state index >= 15 is 0 Å². The molecule has 0 aliphatic carbocycles. The van der Waals surface area contributed by atoms with Gasteiger partial charge in [0.05, 0.1) is 0 Å². The summed E-state index contributed by atoms with van der Waals surface area (Å²) < 4.78 is 0. The molecule has 0 amide bonds. The summed E-state index contributed by atoms with van der Waals surface area (Å²) in [6.45, 7) is 2.25. The highest BCUT2D eigenvalue weighted by atomic mass is 16.1. The van der Waals surface area contributed by atoms with Gasteiger partial charge in [-0.3, -0.25) is 0 Å². The molecule has 86 valence electrons. The minimum absolute atomic E-state index is 0.647. The minimum Gasteiger partial charge on any atom is -0.356 e. The molecule has 0 atom stereocenters. The number of nitrogens with zero attached hydrogens (tertiary/aromatic N) is 2. The first-order chi connectivity index (χ1) is 7.92. The molecule has 3 nitrogen and oxygen atoms in total. The van der Waals surface area contributed by atoms with Crippen LogP contribution in [0.2, 0.25) is 0 Å². The third-order valence-corrected chi connectivity index (χ3v) is 3.04. The minimum atomic E-state index is 0.647. The summed E-state index contributed by atoms with van der Waals surface area (Å²) in [7, 11) is 0. The summed E-state index contributed by atoms with van der Waals surface area (Å²) in [6.07, 6.45) is 7.92. The van der Waals surface area contributed by atoms with Crippen molar-refractivity contribution in [1.29, 1.82) is 0 Å². The zero-order chi connectivity index (χ0) is 11.2. The van der Waals surface area contributed by atoms with E-state index in [1.165, 1.54) is 18.4 Å². The molecule has 1 aromatic heterocycles. The van der Waals surface area contributed by atoms with Crippen molar-refractivity contribution in [2.75, 3.05) is 18.0 Å². The van der Waals surface area contributed by atoms with Gasteiger partial charge in [0.25, 0.3) is 0 Å². The van der Waals surface area contributed by atoms with Crippen LogP contribution >= 0.6 is 0 Å². The Kier molecular flexibility index (Phi) is 3.91. The van der Waals surface area contributed by atoms with Crippen molar-refractivity contribution < 1.29 is 4.79 Å². The predicted molar refractivity (Wildman–Crippen MR) is 64.7 cm³/mol. The van der Waals surface area contributed by atoms with Crippen LogP contribution in [0.1, 0.15) is 31.2 Å². The smallest absolute Gasteiger partial charge is 0.131 e. The lowest BCUT2D eigenvalue weighted by atomic mass is 10.1. The van der Waals surface area contributed by atoms with Gasteiger partial charge < -0.3 is 9.69 Å². The maximum absolute atomic E-state index is 10.3. The lowest BCUT2D eigenvalue weighted by molar-refractivity contribution is -0.107. The summed E-state index contributed by atoms with van der Waals surface area (Å²) in [5.74, 6) is 1.13. The Morgan fingerprint density at radius 3 is 2.94 bits per heavy atom. The van der Waals surface area contributed by atoms with E-state index in [0.717, 1.165) is 38.0 Å². The van der Waals surface area contributed by atoms with Crippen LogP contribution < -0.4 is 4.90 Å². The molecule has 0 radical (unpaired) electrons. The maximum atomic E-state index is 10.3. The first-order valence-corrected chi connectivity index (χ1v) is 6.04. The number of carbonyl (C=O) groups excluding carboxylic acids is 1. The van der Waals surface area contributed by atoms with Crippen molar-refractivity contribution in [2.45, 2.75) is 32.1 Å². The summed E-state index contributed by atoms with van der Waals surface area (Å²) in [6, 6.07) is 4.11. The topological polar surface area (TPSA) is 33.2 Å². The van der Waals surface area contributed by atoms with Gasteiger partial charge >= 0.3 is 0 Å². The summed E-state index contributed by atoms with van der Waals surface area (Å²) in [4.78, 5) is 17.1. The van der Waals surface area contributed by atoms with E-state index < -0.39 is 0 Å². The Morgan fingerprint density at radius 2 is 2.19 bits per heavy atom. The predicted octanol–water partition coefficient (Wildman–Crippen LogP) is 2.20. The normalized spacial score (nSPS) is 15.4. The molecular formula is C13H18N2O. The van der Waals surface area contributed by atoms with Crippen LogP contribution in [-0.2, 0) is 11.2 Å². The van der Waals surface area contributed by atoms with Gasteiger partial charge in [0, 0.05) is 25.7 Å². The van der Waals surface area contributed by atoms with Crippen LogP contribution in [0.3, 0.4) is 0 Å². The highest BCUT2D eigenvalue weighted by Gasteiger charge is 2.16. The van der Waals surface area contributed by atoms with Crippen molar-refractivity contribution in [2.24, 2.45) is 0 Å². The third kappa shape index (κ3) is 2.60. The average molecular weight is 218 g/mol. The number of hydrogen-bond acceptors (Lipinski definition) is 3. The number of aldehydes is 1. The highest BCUT2D eigenvalue weighted by Crippen LogP contribution is 2.22. The molecule has 1 aliphatic heterocycles. The quantitative estimate of drug-likeness (QED) is 0.561. The van der Waals surface area contributed by atoms with Gasteiger partial charge in [-0.1, -0.05) is 6.07 Å². The van der Waals surface area contributed by atoms with E-state index in [9.17, 15) is 4.79 Å². The molecule has 0 saturated carbocycles. The van der Waals surface area contributed by atoms with Crippen LogP contribution in [0.15, 0.2) is 18.3 Å². The van der Waals surface area contributed by atoms with Crippen LogP contribution in [0, 0.1) is 0 Å². The fraction of sp³-hybridized carbons (Fsp3) is 0.538. The number of anilines is 1. The second-order valence-electron chi connectivity index (χ2n) is 4.24. The van der Waals surface area contributed by atoms with Gasteiger partial charge in [-0.25, -0.2) is 4.98 Å². The molecule has 3 heteroatoms. The molecule has 1 fully saturated rings. The summed E-state index contributed by atoms with van der Waals surface area (Å²) in [5.41, 5.74) is 1.28. The number of hydrogen-bond donors (Lipinski definition) is 0. The molecule has 1 saturated heterocycles. The van der Waals surface area contributed by atoms with Crippen LogP contribution in [0.4, 0.5) is 5.82 Å². The van der Waals surface area contributed by atoms with E-state index in [1.807, 2.05) is 12.3 Å². The number of unbranched alkanes of at least 4 members (excludes halogenated alkanes) is 1. The SMILES string of the molecule is O=CCCCc1cccnc1N1CCCC1. The zero-order valence-electron chi connectivity index (χ0n) is 9.56. The Morgan fingerprint density at radius 1 is 1.38 bits per heavy atom. The van der Waals surface area contributed by atoms with Crippen molar-refractivity contribution in [3.05, 3.63) is 23.9 Å². The second-order valence-corrected chi connectivity index (χ2v) is 4.24. The van der Waals surface area contributed by atoms with Crippen molar-refractivity contribution >= 4 is 12.1 Å². The standard InChI is InChI=1S/C13H18N2O/c16-11-4-1-6-12-7-5-8-14-13(12)15-9-2-3-10-15/h5,7-8,11H,1-4,6,9-10H2. The highest BCUT2D eigenvalue weighted by molar-refractivity contribution is 5.50. The van der Waals surface area contributed by atoms with E-state index in [-0.39, 0.29) is 0 Å². The third-order valence-electron chi connectivity index (χ3n) is 3.04. The molecule has 0 spiro atoms. The van der Waals surface area contributed by atoms with Crippen LogP contribution in [-0.4, -0.2) is 24.4 Å². The largest absolute Gasteiger partial charge is 0.356 e. The van der Waals surface area contributed by atoms with E-state index in [0.29, 0.717) is 6.42 Å². The monoisotopic (exact) mass is 218 g/mol. The first kappa shape index (κ1) is 11.1. The number of aromatic nitrogens is 1. The van der Waals surface area contributed by atoms with Crippen molar-refractivity contribution in [3.63, 3.8) is 0 Å².